The Morgan fingerprint density at radius 2 is 1.94 bits per heavy atom. The van der Waals surface area contributed by atoms with Crippen molar-refractivity contribution in [3.05, 3.63) is 42.1 Å². The van der Waals surface area contributed by atoms with Crippen LogP contribution in [0.2, 0.25) is 0 Å². The molecule has 0 spiro atoms. The van der Waals surface area contributed by atoms with Gasteiger partial charge in [-0.3, -0.25) is 0 Å². The lowest BCUT2D eigenvalue weighted by Gasteiger charge is -2.05. The molecular formula is C12H11F2N3S. The Bertz CT molecular complexity index is 531. The number of nitrogens with zero attached hydrogens (tertiary/aromatic N) is 2. The number of hydrogen-bond donors (Lipinski definition) is 1. The highest BCUT2D eigenvalue weighted by atomic mass is 32.2. The highest BCUT2D eigenvalue weighted by Crippen LogP contribution is 2.28. The summed E-state index contributed by atoms with van der Waals surface area (Å²) in [5, 5.41) is 3.12. The quantitative estimate of drug-likeness (QED) is 0.862. The van der Waals surface area contributed by atoms with Crippen molar-refractivity contribution in [3.8, 4) is 0 Å². The van der Waals surface area contributed by atoms with Crippen molar-refractivity contribution in [2.45, 2.75) is 16.8 Å². The van der Waals surface area contributed by atoms with E-state index in [2.05, 4.69) is 15.3 Å². The third-order valence-electron chi connectivity index (χ3n) is 2.07. The number of benzene rings is 1. The van der Waals surface area contributed by atoms with Crippen molar-refractivity contribution in [2.24, 2.45) is 0 Å². The van der Waals surface area contributed by atoms with Crippen LogP contribution in [0.4, 0.5) is 14.7 Å². The maximum Gasteiger partial charge on any atom is 0.223 e. The largest absolute Gasteiger partial charge is 0.354 e. The first-order chi connectivity index (χ1) is 8.69. The number of halogens is 2. The molecule has 94 valence electrons. The Morgan fingerprint density at radius 1 is 1.22 bits per heavy atom. The summed E-state index contributed by atoms with van der Waals surface area (Å²) in [6.45, 7) is 2.56. The van der Waals surface area contributed by atoms with Gasteiger partial charge in [-0.25, -0.2) is 18.7 Å². The fraction of sp³-hybridized carbons (Fsp3) is 0.167. The van der Waals surface area contributed by atoms with Gasteiger partial charge >= 0.3 is 0 Å². The molecule has 0 atom stereocenters. The minimum absolute atomic E-state index is 0.215. The summed E-state index contributed by atoms with van der Waals surface area (Å²) in [6, 6.07) is 5.81. The average molecular weight is 267 g/mol. The van der Waals surface area contributed by atoms with Crippen LogP contribution >= 0.6 is 11.8 Å². The Hall–Kier alpha value is -1.69. The molecule has 1 heterocycles. The molecular weight excluding hydrogens is 256 g/mol. The van der Waals surface area contributed by atoms with Crippen molar-refractivity contribution in [1.82, 2.24) is 9.97 Å². The summed E-state index contributed by atoms with van der Waals surface area (Å²) in [7, 11) is 0. The van der Waals surface area contributed by atoms with Crippen LogP contribution in [0, 0.1) is 11.6 Å². The Kier molecular flexibility index (Phi) is 4.09. The van der Waals surface area contributed by atoms with Gasteiger partial charge in [0, 0.05) is 11.4 Å². The molecule has 0 radical (unpaired) electrons. The zero-order valence-electron chi connectivity index (χ0n) is 9.65. The monoisotopic (exact) mass is 267 g/mol. The van der Waals surface area contributed by atoms with Crippen LogP contribution in [0.25, 0.3) is 0 Å². The molecule has 0 fully saturated rings. The molecule has 0 saturated carbocycles. The SMILES string of the molecule is CCNc1ncc(F)c(Sc2ccc(F)cc2)n1. The molecule has 0 unspecified atom stereocenters. The van der Waals surface area contributed by atoms with Crippen LogP contribution in [-0.4, -0.2) is 16.5 Å². The molecule has 3 nitrogen and oxygen atoms in total. The van der Waals surface area contributed by atoms with E-state index in [1.165, 1.54) is 12.1 Å². The summed E-state index contributed by atoms with van der Waals surface area (Å²) in [5.74, 6) is -0.440. The molecule has 2 aromatic rings. The van der Waals surface area contributed by atoms with Gasteiger partial charge in [0.1, 0.15) is 10.8 Å². The van der Waals surface area contributed by atoms with Crippen molar-refractivity contribution in [1.29, 1.82) is 0 Å². The van der Waals surface area contributed by atoms with E-state index in [1.807, 2.05) is 6.92 Å². The van der Waals surface area contributed by atoms with E-state index in [9.17, 15) is 8.78 Å². The lowest BCUT2D eigenvalue weighted by molar-refractivity contribution is 0.580. The smallest absolute Gasteiger partial charge is 0.223 e. The zero-order valence-corrected chi connectivity index (χ0v) is 10.5. The molecule has 0 aliphatic carbocycles. The molecule has 18 heavy (non-hydrogen) atoms. The van der Waals surface area contributed by atoms with Crippen LogP contribution in [0.5, 0.6) is 0 Å². The second kappa shape index (κ2) is 5.77. The van der Waals surface area contributed by atoms with E-state index >= 15 is 0 Å². The standard InChI is InChI=1S/C12H11F2N3S/c1-2-15-12-16-7-10(14)11(17-12)18-9-5-3-8(13)4-6-9/h3-7H,2H2,1H3,(H,15,16,17). The minimum Gasteiger partial charge on any atom is -0.354 e. The van der Waals surface area contributed by atoms with Crippen LogP contribution < -0.4 is 5.32 Å². The molecule has 0 aliphatic rings. The highest BCUT2D eigenvalue weighted by molar-refractivity contribution is 7.99. The van der Waals surface area contributed by atoms with E-state index in [-0.39, 0.29) is 10.8 Å². The molecule has 6 heteroatoms. The molecule has 2 rings (SSSR count). The van der Waals surface area contributed by atoms with Crippen LogP contribution in [0.3, 0.4) is 0 Å². The van der Waals surface area contributed by atoms with Crippen molar-refractivity contribution < 1.29 is 8.78 Å². The zero-order chi connectivity index (χ0) is 13.0. The molecule has 0 aliphatic heterocycles. The van der Waals surface area contributed by atoms with Gasteiger partial charge in [-0.15, -0.1) is 0 Å². The summed E-state index contributed by atoms with van der Waals surface area (Å²) in [4.78, 5) is 8.58. The highest BCUT2D eigenvalue weighted by Gasteiger charge is 2.08. The van der Waals surface area contributed by atoms with E-state index in [0.29, 0.717) is 12.5 Å². The number of hydrogen-bond acceptors (Lipinski definition) is 4. The maximum absolute atomic E-state index is 13.5. The summed E-state index contributed by atoms with van der Waals surface area (Å²) >= 11 is 1.13. The maximum atomic E-state index is 13.5. The van der Waals surface area contributed by atoms with Gasteiger partial charge in [0.15, 0.2) is 5.82 Å². The van der Waals surface area contributed by atoms with Gasteiger partial charge in [-0.05, 0) is 31.2 Å². The van der Waals surface area contributed by atoms with Gasteiger partial charge in [0.05, 0.1) is 6.20 Å². The van der Waals surface area contributed by atoms with Gasteiger partial charge in [-0.2, -0.15) is 0 Å². The molecule has 0 bridgehead atoms. The lowest BCUT2D eigenvalue weighted by Crippen LogP contribution is -2.03. The predicted octanol–water partition coefficient (Wildman–Crippen LogP) is 3.34. The van der Waals surface area contributed by atoms with Crippen molar-refractivity contribution >= 4 is 17.7 Å². The normalized spacial score (nSPS) is 10.4. The van der Waals surface area contributed by atoms with Crippen molar-refractivity contribution in [3.63, 3.8) is 0 Å². The number of anilines is 1. The molecule has 1 N–H and O–H groups in total. The van der Waals surface area contributed by atoms with E-state index in [0.717, 1.165) is 22.9 Å². The molecule has 0 saturated heterocycles. The van der Waals surface area contributed by atoms with Gasteiger partial charge < -0.3 is 5.32 Å². The Morgan fingerprint density at radius 3 is 2.61 bits per heavy atom. The first kappa shape index (κ1) is 12.8. The van der Waals surface area contributed by atoms with Crippen LogP contribution in [0.15, 0.2) is 40.4 Å². The Balaban J connectivity index is 2.22. The molecule has 1 aromatic heterocycles. The van der Waals surface area contributed by atoms with Crippen molar-refractivity contribution in [2.75, 3.05) is 11.9 Å². The first-order valence-electron chi connectivity index (χ1n) is 5.39. The van der Waals surface area contributed by atoms with Gasteiger partial charge in [0.2, 0.25) is 5.95 Å². The summed E-state index contributed by atoms with van der Waals surface area (Å²) in [5.41, 5.74) is 0. The number of rotatable bonds is 4. The number of aromatic nitrogens is 2. The number of nitrogens with one attached hydrogen (secondary N) is 1. The predicted molar refractivity (Wildman–Crippen MR) is 66.7 cm³/mol. The topological polar surface area (TPSA) is 37.8 Å². The average Bonchev–Trinajstić information content (AvgIpc) is 2.36. The van der Waals surface area contributed by atoms with E-state index < -0.39 is 5.82 Å². The molecule has 1 aromatic carbocycles. The third kappa shape index (κ3) is 3.16. The van der Waals surface area contributed by atoms with Gasteiger partial charge in [-0.1, -0.05) is 11.8 Å². The first-order valence-corrected chi connectivity index (χ1v) is 6.20. The third-order valence-corrected chi connectivity index (χ3v) is 3.06. The fourth-order valence-corrected chi connectivity index (χ4v) is 2.06. The summed E-state index contributed by atoms with van der Waals surface area (Å²) < 4.78 is 26.3. The lowest BCUT2D eigenvalue weighted by atomic mass is 10.4. The second-order valence-corrected chi connectivity index (χ2v) is 4.50. The van der Waals surface area contributed by atoms with Crippen LogP contribution in [0.1, 0.15) is 6.92 Å². The van der Waals surface area contributed by atoms with Gasteiger partial charge in [0.25, 0.3) is 0 Å². The van der Waals surface area contributed by atoms with Crippen LogP contribution in [-0.2, 0) is 0 Å². The van der Waals surface area contributed by atoms with E-state index in [4.69, 9.17) is 0 Å². The van der Waals surface area contributed by atoms with E-state index in [1.54, 1.807) is 12.1 Å². The Labute approximate surface area is 108 Å². The fourth-order valence-electron chi connectivity index (χ4n) is 1.28. The molecule has 0 amide bonds. The second-order valence-electron chi connectivity index (χ2n) is 3.43. The summed E-state index contributed by atoms with van der Waals surface area (Å²) in [6.07, 6.45) is 1.12. The minimum atomic E-state index is -0.494.